The lowest BCUT2D eigenvalue weighted by atomic mass is 10.2. The lowest BCUT2D eigenvalue weighted by Crippen LogP contribution is -1.66. The van der Waals surface area contributed by atoms with E-state index in [-0.39, 0.29) is 0 Å². The van der Waals surface area contributed by atoms with Crippen molar-refractivity contribution < 1.29 is 0 Å². The topological polar surface area (TPSA) is 0 Å². The zero-order valence-electron chi connectivity index (χ0n) is 7.55. The van der Waals surface area contributed by atoms with Gasteiger partial charge in [-0.25, -0.2) is 0 Å². The molecule has 0 unspecified atom stereocenters. The van der Waals surface area contributed by atoms with Crippen molar-refractivity contribution in [1.29, 1.82) is 0 Å². The summed E-state index contributed by atoms with van der Waals surface area (Å²) >= 11 is 0. The van der Waals surface area contributed by atoms with Gasteiger partial charge in [0.25, 0.3) is 0 Å². The zero-order chi connectivity index (χ0) is 8.36. The van der Waals surface area contributed by atoms with Gasteiger partial charge in [-0.05, 0) is 32.6 Å². The second-order valence-corrected chi connectivity index (χ2v) is 2.60. The summed E-state index contributed by atoms with van der Waals surface area (Å²) in [5.41, 5.74) is 0. The fourth-order valence-corrected chi connectivity index (χ4v) is 0.831. The van der Waals surface area contributed by atoms with Crippen molar-refractivity contribution in [3.8, 4) is 0 Å². The van der Waals surface area contributed by atoms with Gasteiger partial charge < -0.3 is 0 Å². The SMILES string of the molecule is [CH2]CC=CCCC=CCCC. The van der Waals surface area contributed by atoms with Crippen LogP contribution in [-0.2, 0) is 0 Å². The van der Waals surface area contributed by atoms with Gasteiger partial charge in [0.05, 0.1) is 0 Å². The molecule has 63 valence electrons. The molecule has 1 radical (unpaired) electrons. The van der Waals surface area contributed by atoms with Crippen LogP contribution in [0.25, 0.3) is 0 Å². The standard InChI is InChI=1S/C11H19/c1-3-5-7-9-11-10-8-6-4-2/h5,7-8,10H,1,3-4,6,9,11H2,2H3. The summed E-state index contributed by atoms with van der Waals surface area (Å²) in [6, 6.07) is 0. The smallest absolute Gasteiger partial charge is 0.0316 e. The van der Waals surface area contributed by atoms with Crippen LogP contribution in [0.4, 0.5) is 0 Å². The molecule has 0 aromatic rings. The van der Waals surface area contributed by atoms with Gasteiger partial charge >= 0.3 is 0 Å². The average molecular weight is 151 g/mol. The first kappa shape index (κ1) is 10.5. The molecule has 0 heterocycles. The second-order valence-electron chi connectivity index (χ2n) is 2.60. The van der Waals surface area contributed by atoms with E-state index in [9.17, 15) is 0 Å². The third-order valence-corrected chi connectivity index (χ3v) is 1.46. The Hall–Kier alpha value is -0.520. The molecular formula is C11H19. The maximum Gasteiger partial charge on any atom is -0.0316 e. The first-order valence-electron chi connectivity index (χ1n) is 4.51. The lowest BCUT2D eigenvalue weighted by molar-refractivity contribution is 0.943. The van der Waals surface area contributed by atoms with Crippen molar-refractivity contribution in [2.45, 2.75) is 39.0 Å². The molecular weight excluding hydrogens is 132 g/mol. The van der Waals surface area contributed by atoms with Gasteiger partial charge in [-0.3, -0.25) is 0 Å². The van der Waals surface area contributed by atoms with E-state index < -0.39 is 0 Å². The van der Waals surface area contributed by atoms with E-state index in [1.165, 1.54) is 19.3 Å². The molecule has 0 saturated heterocycles. The Kier molecular flexibility index (Phi) is 9.03. The van der Waals surface area contributed by atoms with Crippen LogP contribution in [0.5, 0.6) is 0 Å². The highest BCUT2D eigenvalue weighted by Gasteiger charge is 1.75. The van der Waals surface area contributed by atoms with Crippen LogP contribution in [0.2, 0.25) is 0 Å². The minimum atomic E-state index is 0.915. The highest BCUT2D eigenvalue weighted by molar-refractivity contribution is 4.88. The van der Waals surface area contributed by atoms with Crippen LogP contribution in [0.15, 0.2) is 24.3 Å². The van der Waals surface area contributed by atoms with E-state index in [0.29, 0.717) is 0 Å². The Morgan fingerprint density at radius 2 is 1.45 bits per heavy atom. The van der Waals surface area contributed by atoms with E-state index in [4.69, 9.17) is 0 Å². The van der Waals surface area contributed by atoms with E-state index in [0.717, 1.165) is 12.8 Å². The molecule has 0 N–H and O–H groups in total. The summed E-state index contributed by atoms with van der Waals surface area (Å²) in [5.74, 6) is 0. The molecule has 0 atom stereocenters. The number of rotatable bonds is 6. The summed E-state index contributed by atoms with van der Waals surface area (Å²) < 4.78 is 0. The maximum absolute atomic E-state index is 3.73. The number of allylic oxidation sites excluding steroid dienone is 4. The van der Waals surface area contributed by atoms with E-state index >= 15 is 0 Å². The van der Waals surface area contributed by atoms with Crippen LogP contribution in [0, 0.1) is 6.92 Å². The highest BCUT2D eigenvalue weighted by Crippen LogP contribution is 1.96. The second kappa shape index (κ2) is 9.48. The fourth-order valence-electron chi connectivity index (χ4n) is 0.831. The van der Waals surface area contributed by atoms with Crippen molar-refractivity contribution in [3.63, 3.8) is 0 Å². The monoisotopic (exact) mass is 151 g/mol. The molecule has 0 aliphatic heterocycles. The van der Waals surface area contributed by atoms with E-state index in [1.54, 1.807) is 0 Å². The number of hydrogen-bond donors (Lipinski definition) is 0. The predicted molar refractivity (Wildman–Crippen MR) is 52.4 cm³/mol. The molecule has 0 aromatic heterocycles. The normalized spacial score (nSPS) is 11.8. The first-order valence-corrected chi connectivity index (χ1v) is 4.51. The van der Waals surface area contributed by atoms with Gasteiger partial charge in [-0.15, -0.1) is 0 Å². The van der Waals surface area contributed by atoms with Crippen LogP contribution in [-0.4, -0.2) is 0 Å². The minimum absolute atomic E-state index is 0.915. The molecule has 0 amide bonds. The first-order chi connectivity index (χ1) is 5.41. The molecule has 0 spiro atoms. The molecule has 0 rings (SSSR count). The van der Waals surface area contributed by atoms with Crippen LogP contribution >= 0.6 is 0 Å². The Morgan fingerprint density at radius 1 is 0.909 bits per heavy atom. The summed E-state index contributed by atoms with van der Waals surface area (Å²) in [7, 11) is 0. The Labute approximate surface area is 71.0 Å². The van der Waals surface area contributed by atoms with Gasteiger partial charge in [0, 0.05) is 0 Å². The van der Waals surface area contributed by atoms with Gasteiger partial charge in [0.2, 0.25) is 0 Å². The van der Waals surface area contributed by atoms with Crippen LogP contribution in [0.3, 0.4) is 0 Å². The Morgan fingerprint density at radius 3 is 2.00 bits per heavy atom. The zero-order valence-corrected chi connectivity index (χ0v) is 7.55. The van der Waals surface area contributed by atoms with E-state index in [1.807, 2.05) is 0 Å². The van der Waals surface area contributed by atoms with Crippen molar-refractivity contribution in [2.24, 2.45) is 0 Å². The molecule has 0 aliphatic carbocycles. The summed E-state index contributed by atoms with van der Waals surface area (Å²) in [6.45, 7) is 5.93. The molecule has 0 aliphatic rings. The third kappa shape index (κ3) is 9.48. The van der Waals surface area contributed by atoms with E-state index in [2.05, 4.69) is 38.2 Å². The summed E-state index contributed by atoms with van der Waals surface area (Å²) in [4.78, 5) is 0. The van der Waals surface area contributed by atoms with Crippen LogP contribution in [0.1, 0.15) is 39.0 Å². The molecule has 0 nitrogen and oxygen atoms in total. The van der Waals surface area contributed by atoms with Gasteiger partial charge in [0.1, 0.15) is 0 Å². The lowest BCUT2D eigenvalue weighted by Gasteiger charge is -1.86. The van der Waals surface area contributed by atoms with Crippen molar-refractivity contribution in [1.82, 2.24) is 0 Å². The van der Waals surface area contributed by atoms with Crippen molar-refractivity contribution >= 4 is 0 Å². The molecule has 0 saturated carbocycles. The van der Waals surface area contributed by atoms with Crippen molar-refractivity contribution in [2.75, 3.05) is 0 Å². The molecule has 0 heteroatoms. The fraction of sp³-hybridized carbons (Fsp3) is 0.545. The third-order valence-electron chi connectivity index (χ3n) is 1.46. The minimum Gasteiger partial charge on any atom is -0.0885 e. The molecule has 0 aromatic carbocycles. The Bertz CT molecular complexity index is 109. The Balaban J connectivity index is 3.06. The molecule has 11 heavy (non-hydrogen) atoms. The van der Waals surface area contributed by atoms with Gasteiger partial charge in [0.15, 0.2) is 0 Å². The maximum atomic E-state index is 3.73. The molecule has 0 bridgehead atoms. The number of hydrogen-bond acceptors (Lipinski definition) is 0. The quantitative estimate of drug-likeness (QED) is 0.399. The highest BCUT2D eigenvalue weighted by atomic mass is 13.8. The molecule has 0 fully saturated rings. The van der Waals surface area contributed by atoms with Crippen molar-refractivity contribution in [3.05, 3.63) is 31.2 Å². The van der Waals surface area contributed by atoms with Gasteiger partial charge in [-0.1, -0.05) is 37.6 Å². The average Bonchev–Trinajstić information content (AvgIpc) is 2.03. The van der Waals surface area contributed by atoms with Crippen LogP contribution < -0.4 is 0 Å². The van der Waals surface area contributed by atoms with Gasteiger partial charge in [-0.2, -0.15) is 0 Å². The number of unbranched alkanes of at least 4 members (excludes halogenated alkanes) is 2. The predicted octanol–water partition coefficient (Wildman–Crippen LogP) is 3.90. The summed E-state index contributed by atoms with van der Waals surface area (Å²) in [6.07, 6.45) is 14.6. The largest absolute Gasteiger partial charge is 0.0885 e. The summed E-state index contributed by atoms with van der Waals surface area (Å²) in [5, 5.41) is 0.